The van der Waals surface area contributed by atoms with E-state index in [1.54, 1.807) is 28.2 Å². The molecule has 160 valence electrons. The summed E-state index contributed by atoms with van der Waals surface area (Å²) in [6.07, 6.45) is 7.66. The Balaban J connectivity index is 1.40. The topological polar surface area (TPSA) is 67.2 Å². The molecule has 6 heteroatoms. The first kappa shape index (κ1) is 20.8. The SMILES string of the molecule is CC(CCc1ccccc1)NC(=O)CC(C(=O)N1CCc2ccccc21)n1ccnc1. The van der Waals surface area contributed by atoms with E-state index in [2.05, 4.69) is 28.5 Å². The number of hydrogen-bond donors (Lipinski definition) is 1. The summed E-state index contributed by atoms with van der Waals surface area (Å²) in [4.78, 5) is 32.1. The van der Waals surface area contributed by atoms with Gasteiger partial charge in [-0.25, -0.2) is 4.98 Å². The highest BCUT2D eigenvalue weighted by molar-refractivity contribution is 6.00. The van der Waals surface area contributed by atoms with Crippen molar-refractivity contribution < 1.29 is 9.59 Å². The van der Waals surface area contributed by atoms with Crippen molar-refractivity contribution in [2.75, 3.05) is 11.4 Å². The molecule has 1 aromatic heterocycles. The summed E-state index contributed by atoms with van der Waals surface area (Å²) in [5.41, 5.74) is 3.36. The van der Waals surface area contributed by atoms with Gasteiger partial charge in [0.15, 0.2) is 0 Å². The largest absolute Gasteiger partial charge is 0.354 e. The summed E-state index contributed by atoms with van der Waals surface area (Å²) >= 11 is 0. The molecule has 2 amide bonds. The predicted molar refractivity (Wildman–Crippen MR) is 121 cm³/mol. The minimum Gasteiger partial charge on any atom is -0.354 e. The number of rotatable bonds is 8. The zero-order valence-corrected chi connectivity index (χ0v) is 17.8. The number of fused-ring (bicyclic) bond motifs is 1. The molecule has 2 unspecified atom stereocenters. The monoisotopic (exact) mass is 416 g/mol. The highest BCUT2D eigenvalue weighted by Gasteiger charge is 2.32. The normalized spacial score (nSPS) is 14.7. The van der Waals surface area contributed by atoms with Crippen molar-refractivity contribution in [3.05, 3.63) is 84.4 Å². The van der Waals surface area contributed by atoms with Gasteiger partial charge >= 0.3 is 0 Å². The van der Waals surface area contributed by atoms with Crippen molar-refractivity contribution in [2.24, 2.45) is 0 Å². The maximum atomic E-state index is 13.4. The number of para-hydroxylation sites is 1. The van der Waals surface area contributed by atoms with Gasteiger partial charge in [0.25, 0.3) is 5.91 Å². The highest BCUT2D eigenvalue weighted by Crippen LogP contribution is 2.30. The molecule has 3 aromatic rings. The molecule has 6 nitrogen and oxygen atoms in total. The lowest BCUT2D eigenvalue weighted by Crippen LogP contribution is -2.40. The number of nitrogens with one attached hydrogen (secondary N) is 1. The van der Waals surface area contributed by atoms with Crippen molar-refractivity contribution >= 4 is 17.5 Å². The Hall–Kier alpha value is -3.41. The lowest BCUT2D eigenvalue weighted by atomic mass is 10.1. The smallest absolute Gasteiger partial charge is 0.250 e. The zero-order valence-electron chi connectivity index (χ0n) is 17.8. The van der Waals surface area contributed by atoms with Gasteiger partial charge in [-0.1, -0.05) is 48.5 Å². The number of nitrogens with zero attached hydrogens (tertiary/aromatic N) is 3. The third-order valence-electron chi connectivity index (χ3n) is 5.82. The molecule has 2 aromatic carbocycles. The fraction of sp³-hybridized carbons (Fsp3) is 0.320. The van der Waals surface area contributed by atoms with E-state index in [0.717, 1.165) is 24.9 Å². The first-order valence-corrected chi connectivity index (χ1v) is 10.8. The molecule has 0 saturated carbocycles. The van der Waals surface area contributed by atoms with Gasteiger partial charge in [-0.15, -0.1) is 0 Å². The summed E-state index contributed by atoms with van der Waals surface area (Å²) in [5.74, 6) is -0.199. The molecule has 0 bridgehead atoms. The number of aromatic nitrogens is 2. The van der Waals surface area contributed by atoms with Crippen LogP contribution in [0, 0.1) is 0 Å². The molecule has 0 aliphatic carbocycles. The number of aryl methyl sites for hydroxylation is 1. The van der Waals surface area contributed by atoms with Gasteiger partial charge in [0.05, 0.1) is 12.7 Å². The van der Waals surface area contributed by atoms with Gasteiger partial charge in [-0.05, 0) is 43.4 Å². The third-order valence-corrected chi connectivity index (χ3v) is 5.82. The Morgan fingerprint density at radius 3 is 2.65 bits per heavy atom. The van der Waals surface area contributed by atoms with Crippen LogP contribution >= 0.6 is 0 Å². The Morgan fingerprint density at radius 1 is 1.10 bits per heavy atom. The van der Waals surface area contributed by atoms with Crippen molar-refractivity contribution in [3.8, 4) is 0 Å². The minimum absolute atomic E-state index is 0.0266. The molecular weight excluding hydrogens is 388 g/mol. The quantitative estimate of drug-likeness (QED) is 0.611. The van der Waals surface area contributed by atoms with E-state index < -0.39 is 6.04 Å². The summed E-state index contributed by atoms with van der Waals surface area (Å²) in [6.45, 7) is 2.64. The fourth-order valence-electron chi connectivity index (χ4n) is 4.13. The van der Waals surface area contributed by atoms with Gasteiger partial charge in [-0.3, -0.25) is 9.59 Å². The Labute approximate surface area is 182 Å². The van der Waals surface area contributed by atoms with Crippen LogP contribution < -0.4 is 10.2 Å². The van der Waals surface area contributed by atoms with Crippen LogP contribution in [0.1, 0.15) is 36.9 Å². The van der Waals surface area contributed by atoms with E-state index in [0.29, 0.717) is 6.54 Å². The molecule has 1 aliphatic rings. The summed E-state index contributed by atoms with van der Waals surface area (Å²) in [5, 5.41) is 3.06. The average Bonchev–Trinajstić information content (AvgIpc) is 3.46. The molecule has 2 heterocycles. The van der Waals surface area contributed by atoms with E-state index >= 15 is 0 Å². The van der Waals surface area contributed by atoms with Gasteiger partial charge < -0.3 is 14.8 Å². The van der Waals surface area contributed by atoms with Gasteiger partial charge in [0.2, 0.25) is 5.91 Å². The summed E-state index contributed by atoms with van der Waals surface area (Å²) in [7, 11) is 0. The zero-order chi connectivity index (χ0) is 21.6. The number of hydrogen-bond acceptors (Lipinski definition) is 3. The summed E-state index contributed by atoms with van der Waals surface area (Å²) in [6, 6.07) is 17.6. The van der Waals surface area contributed by atoms with Crippen molar-refractivity contribution in [1.29, 1.82) is 0 Å². The van der Waals surface area contributed by atoms with E-state index in [1.807, 2.05) is 43.3 Å². The van der Waals surface area contributed by atoms with Crippen LogP contribution in [-0.2, 0) is 22.4 Å². The molecule has 2 atom stereocenters. The second kappa shape index (κ2) is 9.60. The van der Waals surface area contributed by atoms with E-state index in [9.17, 15) is 9.59 Å². The second-order valence-electron chi connectivity index (χ2n) is 8.09. The minimum atomic E-state index is -0.616. The molecule has 4 rings (SSSR count). The maximum absolute atomic E-state index is 13.4. The molecule has 1 N–H and O–H groups in total. The van der Waals surface area contributed by atoms with E-state index in [4.69, 9.17) is 0 Å². The second-order valence-corrected chi connectivity index (χ2v) is 8.09. The number of anilines is 1. The number of imidazole rings is 1. The number of amides is 2. The van der Waals surface area contributed by atoms with Crippen LogP contribution in [-0.4, -0.2) is 34.0 Å². The first-order valence-electron chi connectivity index (χ1n) is 10.8. The number of carbonyl (C=O) groups is 2. The molecule has 0 saturated heterocycles. The highest BCUT2D eigenvalue weighted by atomic mass is 16.2. The first-order chi connectivity index (χ1) is 15.1. The maximum Gasteiger partial charge on any atom is 0.250 e. The van der Waals surface area contributed by atoms with Gasteiger partial charge in [0.1, 0.15) is 6.04 Å². The third kappa shape index (κ3) is 5.02. The Morgan fingerprint density at radius 2 is 1.87 bits per heavy atom. The van der Waals surface area contributed by atoms with Crippen molar-refractivity contribution in [3.63, 3.8) is 0 Å². The number of benzene rings is 2. The molecule has 0 fully saturated rings. The Bertz CT molecular complexity index is 1020. The summed E-state index contributed by atoms with van der Waals surface area (Å²) < 4.78 is 1.73. The molecule has 31 heavy (non-hydrogen) atoms. The molecule has 0 radical (unpaired) electrons. The van der Waals surface area contributed by atoms with Crippen LogP contribution in [0.4, 0.5) is 5.69 Å². The predicted octanol–water partition coefficient (Wildman–Crippen LogP) is 3.54. The van der Waals surface area contributed by atoms with E-state index in [-0.39, 0.29) is 24.3 Å². The lowest BCUT2D eigenvalue weighted by molar-refractivity contribution is -0.128. The lowest BCUT2D eigenvalue weighted by Gasteiger charge is -2.25. The van der Waals surface area contributed by atoms with Crippen LogP contribution in [0.15, 0.2) is 73.3 Å². The standard InChI is InChI=1S/C25H28N4O2/c1-19(11-12-20-7-3-2-4-8-20)27-24(30)17-23(28-16-14-26-18-28)25(31)29-15-13-21-9-5-6-10-22(21)29/h2-10,14,16,18-19,23H,11-13,15,17H2,1H3,(H,27,30). The fourth-order valence-corrected chi connectivity index (χ4v) is 4.13. The van der Waals surface area contributed by atoms with Crippen LogP contribution in [0.3, 0.4) is 0 Å². The Kier molecular flexibility index (Phi) is 6.46. The van der Waals surface area contributed by atoms with E-state index in [1.165, 1.54) is 11.1 Å². The van der Waals surface area contributed by atoms with Crippen LogP contribution in [0.2, 0.25) is 0 Å². The molecule has 0 spiro atoms. The average molecular weight is 417 g/mol. The number of carbonyl (C=O) groups excluding carboxylic acids is 2. The van der Waals surface area contributed by atoms with Crippen molar-refractivity contribution in [2.45, 2.75) is 44.7 Å². The van der Waals surface area contributed by atoms with Crippen LogP contribution in [0.25, 0.3) is 0 Å². The van der Waals surface area contributed by atoms with Crippen molar-refractivity contribution in [1.82, 2.24) is 14.9 Å². The van der Waals surface area contributed by atoms with Gasteiger partial charge in [-0.2, -0.15) is 0 Å². The molecule has 1 aliphatic heterocycles. The molecular formula is C25H28N4O2. The van der Waals surface area contributed by atoms with Crippen LogP contribution in [0.5, 0.6) is 0 Å². The van der Waals surface area contributed by atoms with Gasteiger partial charge in [0, 0.05) is 30.7 Å².